The molecular formula is C21H22F2N2O3. The summed E-state index contributed by atoms with van der Waals surface area (Å²) in [4.78, 5) is 19.2. The molecule has 2 aromatic rings. The predicted octanol–water partition coefficient (Wildman–Crippen LogP) is 3.81. The summed E-state index contributed by atoms with van der Waals surface area (Å²) < 4.78 is 26.3. The highest BCUT2D eigenvalue weighted by molar-refractivity contribution is 6.00. The zero-order valence-electron chi connectivity index (χ0n) is 15.7. The summed E-state index contributed by atoms with van der Waals surface area (Å²) in [5, 5.41) is 13.4. The van der Waals surface area contributed by atoms with Crippen LogP contribution in [0.1, 0.15) is 34.3 Å². The van der Waals surface area contributed by atoms with E-state index >= 15 is 0 Å². The van der Waals surface area contributed by atoms with Gasteiger partial charge in [-0.1, -0.05) is 35.5 Å². The van der Waals surface area contributed by atoms with Crippen LogP contribution in [0.3, 0.4) is 0 Å². The Morgan fingerprint density at radius 1 is 1.29 bits per heavy atom. The average molecular weight is 388 g/mol. The van der Waals surface area contributed by atoms with Crippen LogP contribution in [0.15, 0.2) is 47.6 Å². The van der Waals surface area contributed by atoms with E-state index in [4.69, 9.17) is 4.84 Å². The van der Waals surface area contributed by atoms with E-state index in [1.165, 1.54) is 13.2 Å². The van der Waals surface area contributed by atoms with Crippen molar-refractivity contribution in [1.82, 2.24) is 4.90 Å². The molecule has 1 aliphatic heterocycles. The number of aliphatic hydroxyl groups excluding tert-OH is 1. The molecule has 1 aliphatic rings. The van der Waals surface area contributed by atoms with E-state index < -0.39 is 6.43 Å². The van der Waals surface area contributed by atoms with Crippen LogP contribution in [0.2, 0.25) is 0 Å². The standard InChI is InChI=1S/C21H22F2N2O3/c1-13-18(4-3-5-19(13)20(22)23)14-6-8-15(9-7-14)21(27)25-11-16(24-28-2)10-17(25)12-26/h3-9,17,20,26H,10-12H2,1-2H3/b24-16-/t17-/m0/s1. The minimum absolute atomic E-state index is 0.00506. The number of oxime groups is 1. The number of nitrogens with zero attached hydrogens (tertiary/aromatic N) is 2. The van der Waals surface area contributed by atoms with Crippen molar-refractivity contribution in [2.24, 2.45) is 5.16 Å². The van der Waals surface area contributed by atoms with Gasteiger partial charge in [-0.2, -0.15) is 0 Å². The molecule has 5 nitrogen and oxygen atoms in total. The molecule has 148 valence electrons. The number of amides is 1. The molecule has 7 heteroatoms. The summed E-state index contributed by atoms with van der Waals surface area (Å²) in [5.74, 6) is -0.218. The van der Waals surface area contributed by atoms with E-state index in [1.807, 2.05) is 0 Å². The lowest BCUT2D eigenvalue weighted by Gasteiger charge is -2.22. The first-order valence-electron chi connectivity index (χ1n) is 8.95. The molecule has 28 heavy (non-hydrogen) atoms. The normalized spacial score (nSPS) is 18.1. The molecule has 1 saturated heterocycles. The van der Waals surface area contributed by atoms with Gasteiger partial charge in [-0.3, -0.25) is 4.79 Å². The number of aliphatic hydroxyl groups is 1. The van der Waals surface area contributed by atoms with Gasteiger partial charge in [-0.15, -0.1) is 0 Å². The van der Waals surface area contributed by atoms with Crippen LogP contribution in [0.5, 0.6) is 0 Å². The van der Waals surface area contributed by atoms with Gasteiger partial charge in [0.25, 0.3) is 12.3 Å². The summed E-state index contributed by atoms with van der Waals surface area (Å²) in [6.45, 7) is 1.81. The van der Waals surface area contributed by atoms with Gasteiger partial charge in [-0.25, -0.2) is 8.78 Å². The first kappa shape index (κ1) is 19.9. The minimum atomic E-state index is -2.53. The molecule has 0 aliphatic carbocycles. The van der Waals surface area contributed by atoms with Crippen LogP contribution in [0.25, 0.3) is 11.1 Å². The molecule has 1 fully saturated rings. The third-order valence-corrected chi connectivity index (χ3v) is 5.01. The fourth-order valence-corrected chi connectivity index (χ4v) is 3.53. The Labute approximate surface area is 162 Å². The van der Waals surface area contributed by atoms with Gasteiger partial charge in [0, 0.05) is 17.5 Å². The highest BCUT2D eigenvalue weighted by Crippen LogP contribution is 2.31. The zero-order chi connectivity index (χ0) is 20.3. The maximum absolute atomic E-state index is 13.1. The van der Waals surface area contributed by atoms with Crippen LogP contribution >= 0.6 is 0 Å². The van der Waals surface area contributed by atoms with Crippen molar-refractivity contribution >= 4 is 11.6 Å². The largest absolute Gasteiger partial charge is 0.399 e. The van der Waals surface area contributed by atoms with E-state index in [9.17, 15) is 18.7 Å². The SMILES string of the molecule is CO/N=C1/C[C@@H](CO)N(C(=O)c2ccc(-c3cccc(C(F)F)c3C)cc2)C1. The monoisotopic (exact) mass is 388 g/mol. The zero-order valence-corrected chi connectivity index (χ0v) is 15.7. The number of halogens is 2. The topological polar surface area (TPSA) is 62.1 Å². The molecule has 0 spiro atoms. The van der Waals surface area contributed by atoms with E-state index in [2.05, 4.69) is 5.16 Å². The van der Waals surface area contributed by atoms with Crippen LogP contribution in [0.4, 0.5) is 8.78 Å². The summed E-state index contributed by atoms with van der Waals surface area (Å²) in [7, 11) is 1.44. The van der Waals surface area contributed by atoms with Gasteiger partial charge in [-0.05, 0) is 35.7 Å². The highest BCUT2D eigenvalue weighted by atomic mass is 19.3. The molecule has 1 heterocycles. The molecule has 2 aromatic carbocycles. The van der Waals surface area contributed by atoms with E-state index in [-0.39, 0.29) is 24.1 Å². The molecule has 1 amide bonds. The van der Waals surface area contributed by atoms with Crippen LogP contribution in [-0.4, -0.2) is 47.9 Å². The third kappa shape index (κ3) is 3.89. The molecule has 0 radical (unpaired) electrons. The van der Waals surface area contributed by atoms with Crippen molar-refractivity contribution in [2.45, 2.75) is 25.8 Å². The van der Waals surface area contributed by atoms with Crippen LogP contribution in [0, 0.1) is 6.92 Å². The smallest absolute Gasteiger partial charge is 0.264 e. The number of rotatable bonds is 5. The Morgan fingerprint density at radius 3 is 2.61 bits per heavy atom. The lowest BCUT2D eigenvalue weighted by molar-refractivity contribution is 0.0680. The number of hydrogen-bond donors (Lipinski definition) is 1. The van der Waals surface area contributed by atoms with Crippen molar-refractivity contribution in [2.75, 3.05) is 20.3 Å². The number of carbonyl (C=O) groups excluding carboxylic acids is 1. The summed E-state index contributed by atoms with van der Waals surface area (Å²) in [5.41, 5.74) is 3.16. The quantitative estimate of drug-likeness (QED) is 0.793. The number of alkyl halides is 2. The second kappa shape index (κ2) is 8.48. The summed E-state index contributed by atoms with van der Waals surface area (Å²) in [6.07, 6.45) is -2.07. The van der Waals surface area contributed by atoms with Gasteiger partial charge < -0.3 is 14.8 Å². The van der Waals surface area contributed by atoms with E-state index in [1.54, 1.807) is 48.2 Å². The van der Waals surface area contributed by atoms with Crippen LogP contribution < -0.4 is 0 Å². The third-order valence-electron chi connectivity index (χ3n) is 5.01. The van der Waals surface area contributed by atoms with Gasteiger partial charge in [0.05, 0.1) is 24.9 Å². The molecule has 0 aromatic heterocycles. The minimum Gasteiger partial charge on any atom is -0.399 e. The van der Waals surface area contributed by atoms with Crippen molar-refractivity contribution in [3.8, 4) is 11.1 Å². The molecule has 0 unspecified atom stereocenters. The highest BCUT2D eigenvalue weighted by Gasteiger charge is 2.33. The Kier molecular flexibility index (Phi) is 6.04. The predicted molar refractivity (Wildman–Crippen MR) is 103 cm³/mol. The van der Waals surface area contributed by atoms with Gasteiger partial charge >= 0.3 is 0 Å². The number of likely N-dealkylation sites (tertiary alicyclic amines) is 1. The Balaban J connectivity index is 1.84. The molecular weight excluding hydrogens is 366 g/mol. The molecule has 1 atom stereocenters. The second-order valence-corrected chi connectivity index (χ2v) is 6.71. The lowest BCUT2D eigenvalue weighted by Crippen LogP contribution is -2.37. The first-order valence-corrected chi connectivity index (χ1v) is 8.95. The maximum atomic E-state index is 13.1. The second-order valence-electron chi connectivity index (χ2n) is 6.71. The number of benzene rings is 2. The first-order chi connectivity index (χ1) is 13.5. The number of hydrogen-bond acceptors (Lipinski definition) is 4. The average Bonchev–Trinajstić information content (AvgIpc) is 3.11. The summed E-state index contributed by atoms with van der Waals surface area (Å²) >= 11 is 0. The fourth-order valence-electron chi connectivity index (χ4n) is 3.53. The molecule has 1 N–H and O–H groups in total. The fraction of sp³-hybridized carbons (Fsp3) is 0.333. The van der Waals surface area contributed by atoms with E-state index in [0.717, 1.165) is 5.56 Å². The van der Waals surface area contributed by atoms with Crippen LogP contribution in [-0.2, 0) is 4.84 Å². The van der Waals surface area contributed by atoms with Gasteiger partial charge in [0.2, 0.25) is 0 Å². The van der Waals surface area contributed by atoms with Crippen molar-refractivity contribution in [3.63, 3.8) is 0 Å². The lowest BCUT2D eigenvalue weighted by atomic mass is 9.96. The Hall–Kier alpha value is -2.80. The molecule has 0 bridgehead atoms. The Bertz CT molecular complexity index is 882. The van der Waals surface area contributed by atoms with Crippen molar-refractivity contribution in [1.29, 1.82) is 0 Å². The Morgan fingerprint density at radius 2 is 2.00 bits per heavy atom. The maximum Gasteiger partial charge on any atom is 0.264 e. The van der Waals surface area contributed by atoms with Gasteiger partial charge in [0.1, 0.15) is 7.11 Å². The molecule has 0 saturated carbocycles. The van der Waals surface area contributed by atoms with Crippen molar-refractivity contribution in [3.05, 3.63) is 59.2 Å². The summed E-state index contributed by atoms with van der Waals surface area (Å²) in [6, 6.07) is 11.3. The molecule has 3 rings (SSSR count). The van der Waals surface area contributed by atoms with Crippen molar-refractivity contribution < 1.29 is 23.5 Å². The van der Waals surface area contributed by atoms with Gasteiger partial charge in [0.15, 0.2) is 0 Å². The van der Waals surface area contributed by atoms with E-state index in [0.29, 0.717) is 35.4 Å². The number of carbonyl (C=O) groups is 1.